The average molecular weight is 334 g/mol. The Morgan fingerprint density at radius 1 is 1.29 bits per heavy atom. The number of halogens is 1. The van der Waals surface area contributed by atoms with Crippen molar-refractivity contribution in [2.24, 2.45) is 0 Å². The predicted molar refractivity (Wildman–Crippen MR) is 87.4 cm³/mol. The van der Waals surface area contributed by atoms with E-state index in [9.17, 15) is 14.0 Å². The molecule has 3 rings (SSSR count). The lowest BCUT2D eigenvalue weighted by Crippen LogP contribution is -2.49. The Balaban J connectivity index is 1.81. The number of hydrogen-bond donors (Lipinski definition) is 0. The molecule has 0 N–H and O–H groups in total. The number of amides is 2. The van der Waals surface area contributed by atoms with Gasteiger partial charge in [-0.25, -0.2) is 4.39 Å². The zero-order valence-electron chi connectivity index (χ0n) is 14.0. The topological polar surface area (TPSA) is 49.9 Å². The van der Waals surface area contributed by atoms with Crippen LogP contribution >= 0.6 is 0 Å². The number of benzene rings is 1. The van der Waals surface area contributed by atoms with E-state index in [0.717, 1.165) is 32.2 Å². The molecular formula is C18H23FN2O3. The molecular weight excluding hydrogens is 311 g/mol. The Morgan fingerprint density at radius 2 is 2.12 bits per heavy atom. The minimum atomic E-state index is -0.456. The Labute approximate surface area is 141 Å². The summed E-state index contributed by atoms with van der Waals surface area (Å²) in [4.78, 5) is 28.5. The molecule has 0 radical (unpaired) electrons. The fourth-order valence-corrected chi connectivity index (χ4v) is 3.61. The van der Waals surface area contributed by atoms with Gasteiger partial charge in [-0.2, -0.15) is 0 Å². The van der Waals surface area contributed by atoms with Crippen LogP contribution in [0.4, 0.5) is 4.39 Å². The molecule has 2 amide bonds. The second-order valence-electron chi connectivity index (χ2n) is 6.44. The van der Waals surface area contributed by atoms with Crippen molar-refractivity contribution in [3.8, 4) is 5.75 Å². The molecule has 2 saturated heterocycles. The smallest absolute Gasteiger partial charge is 0.258 e. The van der Waals surface area contributed by atoms with E-state index in [1.165, 1.54) is 25.3 Å². The van der Waals surface area contributed by atoms with E-state index < -0.39 is 5.82 Å². The first kappa shape index (κ1) is 16.7. The standard InChI is InChI=1S/C18H23FN2O3/c1-24-16-8-7-13(19)11-15(16)18(23)21-10-3-2-5-14(21)12-20-9-4-6-17(20)22/h7-8,11,14H,2-6,9-10,12H2,1H3/t14-/m0/s1. The maximum Gasteiger partial charge on any atom is 0.258 e. The van der Waals surface area contributed by atoms with Crippen LogP contribution in [0.2, 0.25) is 0 Å². The van der Waals surface area contributed by atoms with Crippen LogP contribution in [0, 0.1) is 5.82 Å². The lowest BCUT2D eigenvalue weighted by molar-refractivity contribution is -0.128. The number of nitrogens with zero attached hydrogens (tertiary/aromatic N) is 2. The molecule has 6 heteroatoms. The average Bonchev–Trinajstić information content (AvgIpc) is 2.99. The molecule has 5 nitrogen and oxygen atoms in total. The summed E-state index contributed by atoms with van der Waals surface area (Å²) < 4.78 is 18.8. The van der Waals surface area contributed by atoms with Gasteiger partial charge in [0.2, 0.25) is 5.91 Å². The van der Waals surface area contributed by atoms with Crippen molar-refractivity contribution in [1.29, 1.82) is 0 Å². The van der Waals surface area contributed by atoms with Gasteiger partial charge in [0.15, 0.2) is 0 Å². The molecule has 0 aliphatic carbocycles. The molecule has 2 aliphatic heterocycles. The highest BCUT2D eigenvalue weighted by atomic mass is 19.1. The first-order valence-electron chi connectivity index (χ1n) is 8.52. The Kier molecular flexibility index (Phi) is 5.02. The van der Waals surface area contributed by atoms with Crippen molar-refractivity contribution in [3.05, 3.63) is 29.6 Å². The summed E-state index contributed by atoms with van der Waals surface area (Å²) in [5.74, 6) is -0.135. The summed E-state index contributed by atoms with van der Waals surface area (Å²) in [6.45, 7) is 1.97. The Bertz CT molecular complexity index is 635. The van der Waals surface area contributed by atoms with Crippen LogP contribution in [0.3, 0.4) is 0 Å². The van der Waals surface area contributed by atoms with Crippen LogP contribution < -0.4 is 4.74 Å². The van der Waals surface area contributed by atoms with E-state index in [-0.39, 0.29) is 23.4 Å². The number of hydrogen-bond acceptors (Lipinski definition) is 3. The number of rotatable bonds is 4. The van der Waals surface area contributed by atoms with Gasteiger partial charge < -0.3 is 14.5 Å². The number of ether oxygens (including phenoxy) is 1. The van der Waals surface area contributed by atoms with E-state index in [2.05, 4.69) is 0 Å². The SMILES string of the molecule is COc1ccc(F)cc1C(=O)N1CCCC[C@H]1CN1CCCC1=O. The largest absolute Gasteiger partial charge is 0.496 e. The fraction of sp³-hybridized carbons (Fsp3) is 0.556. The summed E-state index contributed by atoms with van der Waals surface area (Å²) in [5.41, 5.74) is 0.247. The number of piperidine rings is 1. The highest BCUT2D eigenvalue weighted by Crippen LogP contribution is 2.26. The second-order valence-corrected chi connectivity index (χ2v) is 6.44. The van der Waals surface area contributed by atoms with Crippen molar-refractivity contribution in [1.82, 2.24) is 9.80 Å². The van der Waals surface area contributed by atoms with Crippen molar-refractivity contribution in [2.45, 2.75) is 38.1 Å². The number of likely N-dealkylation sites (tertiary alicyclic amines) is 2. The van der Waals surface area contributed by atoms with Gasteiger partial charge in [0.05, 0.1) is 12.7 Å². The second kappa shape index (κ2) is 7.20. The first-order valence-corrected chi connectivity index (χ1v) is 8.52. The molecule has 0 aromatic heterocycles. The van der Waals surface area contributed by atoms with Gasteiger partial charge in [-0.3, -0.25) is 9.59 Å². The fourth-order valence-electron chi connectivity index (χ4n) is 3.61. The van der Waals surface area contributed by atoms with E-state index in [1.54, 1.807) is 4.90 Å². The minimum Gasteiger partial charge on any atom is -0.496 e. The van der Waals surface area contributed by atoms with Gasteiger partial charge in [-0.1, -0.05) is 0 Å². The van der Waals surface area contributed by atoms with E-state index in [0.29, 0.717) is 25.3 Å². The van der Waals surface area contributed by atoms with Gasteiger partial charge in [0, 0.05) is 32.1 Å². The normalized spacial score (nSPS) is 21.2. The third kappa shape index (κ3) is 3.37. The van der Waals surface area contributed by atoms with Crippen LogP contribution in [-0.4, -0.2) is 54.4 Å². The van der Waals surface area contributed by atoms with Gasteiger partial charge in [0.1, 0.15) is 11.6 Å². The molecule has 2 aliphatic rings. The summed E-state index contributed by atoms with van der Waals surface area (Å²) in [5, 5.41) is 0. The molecule has 0 spiro atoms. The summed E-state index contributed by atoms with van der Waals surface area (Å²) in [6, 6.07) is 3.98. The summed E-state index contributed by atoms with van der Waals surface area (Å²) in [6.07, 6.45) is 4.31. The highest BCUT2D eigenvalue weighted by Gasteiger charge is 2.32. The van der Waals surface area contributed by atoms with Crippen LogP contribution in [0.1, 0.15) is 42.5 Å². The molecule has 1 atom stereocenters. The zero-order valence-corrected chi connectivity index (χ0v) is 14.0. The van der Waals surface area contributed by atoms with Crippen LogP contribution in [0.25, 0.3) is 0 Å². The molecule has 24 heavy (non-hydrogen) atoms. The third-order valence-electron chi connectivity index (χ3n) is 4.88. The maximum atomic E-state index is 13.6. The molecule has 0 unspecified atom stereocenters. The van der Waals surface area contributed by atoms with Crippen LogP contribution in [0.15, 0.2) is 18.2 Å². The Morgan fingerprint density at radius 3 is 2.83 bits per heavy atom. The molecule has 1 aromatic carbocycles. The lowest BCUT2D eigenvalue weighted by Gasteiger charge is -2.38. The predicted octanol–water partition coefficient (Wildman–Crippen LogP) is 2.45. The van der Waals surface area contributed by atoms with Crippen molar-refractivity contribution >= 4 is 11.8 Å². The zero-order chi connectivity index (χ0) is 17.1. The van der Waals surface area contributed by atoms with E-state index >= 15 is 0 Å². The van der Waals surface area contributed by atoms with Gasteiger partial charge in [-0.05, 0) is 43.9 Å². The van der Waals surface area contributed by atoms with Crippen molar-refractivity contribution in [2.75, 3.05) is 26.7 Å². The number of carbonyl (C=O) groups is 2. The molecule has 0 bridgehead atoms. The lowest BCUT2D eigenvalue weighted by atomic mass is 10.00. The molecule has 0 saturated carbocycles. The van der Waals surface area contributed by atoms with Crippen LogP contribution in [0.5, 0.6) is 5.75 Å². The molecule has 130 valence electrons. The first-order chi connectivity index (χ1) is 11.6. The van der Waals surface area contributed by atoms with Crippen molar-refractivity contribution < 1.29 is 18.7 Å². The monoisotopic (exact) mass is 334 g/mol. The summed E-state index contributed by atoms with van der Waals surface area (Å²) in [7, 11) is 1.47. The van der Waals surface area contributed by atoms with E-state index in [4.69, 9.17) is 4.74 Å². The molecule has 2 heterocycles. The van der Waals surface area contributed by atoms with Crippen molar-refractivity contribution in [3.63, 3.8) is 0 Å². The highest BCUT2D eigenvalue weighted by molar-refractivity contribution is 5.97. The van der Waals surface area contributed by atoms with Crippen LogP contribution in [-0.2, 0) is 4.79 Å². The van der Waals surface area contributed by atoms with Gasteiger partial charge >= 0.3 is 0 Å². The number of carbonyl (C=O) groups excluding carboxylic acids is 2. The van der Waals surface area contributed by atoms with Gasteiger partial charge in [-0.15, -0.1) is 0 Å². The quantitative estimate of drug-likeness (QED) is 0.850. The van der Waals surface area contributed by atoms with E-state index in [1.807, 2.05) is 4.90 Å². The summed E-state index contributed by atoms with van der Waals surface area (Å²) >= 11 is 0. The minimum absolute atomic E-state index is 0.0127. The van der Waals surface area contributed by atoms with Gasteiger partial charge in [0.25, 0.3) is 5.91 Å². The molecule has 2 fully saturated rings. The Hall–Kier alpha value is -2.11. The maximum absolute atomic E-state index is 13.6. The third-order valence-corrected chi connectivity index (χ3v) is 4.88. The number of methoxy groups -OCH3 is 1. The molecule has 1 aromatic rings.